The monoisotopic (exact) mass is 262 g/mol. The average Bonchev–Trinajstić information content (AvgIpc) is 1.94. The smallest absolute Gasteiger partial charge is 0.0128 e. The summed E-state index contributed by atoms with van der Waals surface area (Å²) in [5.41, 5.74) is 0.917. The minimum absolute atomic E-state index is 0.459. The summed E-state index contributed by atoms with van der Waals surface area (Å²) in [6, 6.07) is 0. The lowest BCUT2D eigenvalue weighted by atomic mass is 9.91. The summed E-state index contributed by atoms with van der Waals surface area (Å²) in [4.78, 5) is 0. The van der Waals surface area contributed by atoms with E-state index >= 15 is 0 Å². The molecule has 0 bridgehead atoms. The molecule has 0 saturated carbocycles. The summed E-state index contributed by atoms with van der Waals surface area (Å²) < 4.78 is 0. The topological polar surface area (TPSA) is 0 Å². The third-order valence-corrected chi connectivity index (χ3v) is 5.59. The van der Waals surface area contributed by atoms with Gasteiger partial charge < -0.3 is 0 Å². The van der Waals surface area contributed by atoms with Crippen LogP contribution >= 0.6 is 21.6 Å². The second kappa shape index (κ2) is 6.58. The predicted octanol–water partition coefficient (Wildman–Crippen LogP) is 6.02. The van der Waals surface area contributed by atoms with Gasteiger partial charge >= 0.3 is 0 Å². The minimum Gasteiger partial charge on any atom is -0.0907 e. The lowest BCUT2D eigenvalue weighted by molar-refractivity contribution is 0.377. The van der Waals surface area contributed by atoms with Gasteiger partial charge in [-0.05, 0) is 23.7 Å². The Bertz CT molecular complexity index is 164. The molecule has 98 valence electrons. The van der Waals surface area contributed by atoms with E-state index in [4.69, 9.17) is 0 Å². The van der Waals surface area contributed by atoms with Crippen LogP contribution in [-0.2, 0) is 0 Å². The van der Waals surface area contributed by atoms with E-state index in [0.29, 0.717) is 10.8 Å². The first-order chi connectivity index (χ1) is 6.99. The fraction of sp³-hybridized carbons (Fsp3) is 1.00. The predicted molar refractivity (Wildman–Crippen MR) is 82.3 cm³/mol. The van der Waals surface area contributed by atoms with E-state index in [9.17, 15) is 0 Å². The van der Waals surface area contributed by atoms with Gasteiger partial charge in [-0.2, -0.15) is 0 Å². The molecule has 2 heteroatoms. The highest BCUT2D eigenvalue weighted by atomic mass is 33.1. The van der Waals surface area contributed by atoms with E-state index in [2.05, 4.69) is 77.0 Å². The van der Waals surface area contributed by atoms with Gasteiger partial charge in [0.1, 0.15) is 0 Å². The van der Waals surface area contributed by atoms with Crippen LogP contribution < -0.4 is 0 Å². The highest BCUT2D eigenvalue weighted by Gasteiger charge is 2.19. The van der Waals surface area contributed by atoms with Crippen molar-refractivity contribution in [1.82, 2.24) is 0 Å². The van der Waals surface area contributed by atoms with Gasteiger partial charge in [-0.1, -0.05) is 77.0 Å². The standard InChI is InChI=1S/C14H30S2/c1-11(9-13(3,4)5)15-16-12(2)10-14(6,7)8/h11-12H,9-10H2,1-8H3. The molecule has 0 aliphatic rings. The summed E-state index contributed by atoms with van der Waals surface area (Å²) in [5, 5.41) is 1.51. The fourth-order valence-corrected chi connectivity index (χ4v) is 5.04. The lowest BCUT2D eigenvalue weighted by Crippen LogP contribution is -2.14. The molecule has 0 rings (SSSR count). The molecule has 0 nitrogen and oxygen atoms in total. The third-order valence-electron chi connectivity index (χ3n) is 2.18. The van der Waals surface area contributed by atoms with E-state index in [-0.39, 0.29) is 0 Å². The van der Waals surface area contributed by atoms with Crippen molar-refractivity contribution in [3.05, 3.63) is 0 Å². The normalized spacial score (nSPS) is 17.2. The van der Waals surface area contributed by atoms with Crippen LogP contribution in [0.5, 0.6) is 0 Å². The Morgan fingerprint density at radius 1 is 0.688 bits per heavy atom. The molecule has 0 spiro atoms. The molecule has 2 unspecified atom stereocenters. The molecule has 0 amide bonds. The van der Waals surface area contributed by atoms with Gasteiger partial charge in [-0.3, -0.25) is 0 Å². The molecule has 0 N–H and O–H groups in total. The Kier molecular flexibility index (Phi) is 6.87. The van der Waals surface area contributed by atoms with Gasteiger partial charge in [-0.15, -0.1) is 0 Å². The second-order valence-electron chi connectivity index (χ2n) is 7.34. The van der Waals surface area contributed by atoms with Gasteiger partial charge in [0.05, 0.1) is 0 Å². The van der Waals surface area contributed by atoms with Gasteiger partial charge in [0.15, 0.2) is 0 Å². The number of rotatable bonds is 5. The van der Waals surface area contributed by atoms with Crippen molar-refractivity contribution in [2.45, 2.75) is 78.7 Å². The third kappa shape index (κ3) is 11.2. The molecule has 0 aromatic rings. The second-order valence-corrected chi connectivity index (χ2v) is 10.5. The zero-order valence-electron chi connectivity index (χ0n) is 12.4. The lowest BCUT2D eigenvalue weighted by Gasteiger charge is -2.25. The van der Waals surface area contributed by atoms with Crippen LogP contribution in [0.25, 0.3) is 0 Å². The van der Waals surface area contributed by atoms with E-state index in [1.54, 1.807) is 0 Å². The van der Waals surface area contributed by atoms with E-state index < -0.39 is 0 Å². The quantitative estimate of drug-likeness (QED) is 0.556. The van der Waals surface area contributed by atoms with Crippen molar-refractivity contribution in [3.63, 3.8) is 0 Å². The molecular weight excluding hydrogens is 232 g/mol. The fourth-order valence-electron chi connectivity index (χ4n) is 1.98. The Labute approximate surface area is 111 Å². The van der Waals surface area contributed by atoms with Crippen LogP contribution in [0.3, 0.4) is 0 Å². The van der Waals surface area contributed by atoms with Gasteiger partial charge in [0.2, 0.25) is 0 Å². The number of hydrogen-bond acceptors (Lipinski definition) is 2. The van der Waals surface area contributed by atoms with Crippen LogP contribution in [0.2, 0.25) is 0 Å². The maximum Gasteiger partial charge on any atom is 0.0128 e. The van der Waals surface area contributed by atoms with Crippen LogP contribution in [0.4, 0.5) is 0 Å². The van der Waals surface area contributed by atoms with Crippen LogP contribution in [0.1, 0.15) is 68.2 Å². The Morgan fingerprint density at radius 2 is 0.938 bits per heavy atom. The van der Waals surface area contributed by atoms with E-state index in [0.717, 1.165) is 10.5 Å². The maximum absolute atomic E-state index is 2.35. The average molecular weight is 263 g/mol. The first-order valence-corrected chi connectivity index (χ1v) is 8.59. The minimum atomic E-state index is 0.459. The highest BCUT2D eigenvalue weighted by molar-refractivity contribution is 8.77. The van der Waals surface area contributed by atoms with Gasteiger partial charge in [0, 0.05) is 10.5 Å². The summed E-state index contributed by atoms with van der Waals surface area (Å²) in [5.74, 6) is 0. The molecule has 0 fully saturated rings. The van der Waals surface area contributed by atoms with Crippen molar-refractivity contribution < 1.29 is 0 Å². The highest BCUT2D eigenvalue weighted by Crippen LogP contribution is 2.39. The zero-order valence-corrected chi connectivity index (χ0v) is 14.0. The van der Waals surface area contributed by atoms with Crippen LogP contribution in [-0.4, -0.2) is 10.5 Å². The zero-order chi connectivity index (χ0) is 13.0. The van der Waals surface area contributed by atoms with Crippen molar-refractivity contribution in [2.24, 2.45) is 10.8 Å². The Hall–Kier alpha value is 0.700. The maximum atomic E-state index is 2.35. The van der Waals surface area contributed by atoms with E-state index in [1.807, 2.05) is 0 Å². The largest absolute Gasteiger partial charge is 0.0907 e. The molecule has 2 atom stereocenters. The van der Waals surface area contributed by atoms with Gasteiger partial charge in [0.25, 0.3) is 0 Å². The van der Waals surface area contributed by atoms with Gasteiger partial charge in [-0.25, -0.2) is 0 Å². The summed E-state index contributed by atoms with van der Waals surface area (Å²) in [6.07, 6.45) is 2.60. The van der Waals surface area contributed by atoms with Crippen molar-refractivity contribution in [2.75, 3.05) is 0 Å². The summed E-state index contributed by atoms with van der Waals surface area (Å²) >= 11 is 0. The van der Waals surface area contributed by atoms with Crippen LogP contribution in [0.15, 0.2) is 0 Å². The Balaban J connectivity index is 3.80. The van der Waals surface area contributed by atoms with Crippen molar-refractivity contribution in [3.8, 4) is 0 Å². The molecule has 0 saturated heterocycles. The van der Waals surface area contributed by atoms with Crippen LogP contribution in [0, 0.1) is 10.8 Å². The molecule has 0 heterocycles. The summed E-state index contributed by atoms with van der Waals surface area (Å²) in [6.45, 7) is 18.7. The Morgan fingerprint density at radius 3 is 1.12 bits per heavy atom. The molecule has 0 aliphatic carbocycles. The summed E-state index contributed by atoms with van der Waals surface area (Å²) in [7, 11) is 4.14. The molecule has 16 heavy (non-hydrogen) atoms. The molecular formula is C14H30S2. The molecule has 0 aliphatic heterocycles. The molecule has 0 radical (unpaired) electrons. The SMILES string of the molecule is CC(CC(C)(C)C)SSC(C)CC(C)(C)C. The molecule has 0 aromatic heterocycles. The first-order valence-electron chi connectivity index (χ1n) is 6.32. The van der Waals surface area contributed by atoms with E-state index in [1.165, 1.54) is 12.8 Å². The van der Waals surface area contributed by atoms with Crippen molar-refractivity contribution >= 4 is 21.6 Å². The van der Waals surface area contributed by atoms with Crippen molar-refractivity contribution in [1.29, 1.82) is 0 Å². The molecule has 0 aromatic carbocycles. The number of hydrogen-bond donors (Lipinski definition) is 0. The first kappa shape index (κ1) is 16.7.